The van der Waals surface area contributed by atoms with Gasteiger partial charge < -0.3 is 9.47 Å². The second-order valence-electron chi connectivity index (χ2n) is 6.38. The Morgan fingerprint density at radius 3 is 2.52 bits per heavy atom. The standard InChI is InChI=1S/C17H21F2NO3/c1-11(14-12(18)4-3-5-13(14)19)20-10-17(6-8-23-9-7-17)15(20)16(21)22-2/h3-5,11,15H,6-10H2,1-2H3. The van der Waals surface area contributed by atoms with Gasteiger partial charge in [0.05, 0.1) is 7.11 Å². The van der Waals surface area contributed by atoms with E-state index in [0.29, 0.717) is 19.8 Å². The maximum absolute atomic E-state index is 14.1. The minimum absolute atomic E-state index is 0.00307. The number of likely N-dealkylation sites (tertiary alicyclic amines) is 1. The summed E-state index contributed by atoms with van der Waals surface area (Å²) >= 11 is 0. The van der Waals surface area contributed by atoms with Gasteiger partial charge >= 0.3 is 5.97 Å². The highest BCUT2D eigenvalue weighted by molar-refractivity contribution is 5.78. The summed E-state index contributed by atoms with van der Waals surface area (Å²) < 4.78 is 38.5. The minimum atomic E-state index is -0.589. The van der Waals surface area contributed by atoms with Crippen LogP contribution >= 0.6 is 0 Å². The highest BCUT2D eigenvalue weighted by Gasteiger charge is 2.58. The minimum Gasteiger partial charge on any atom is -0.468 e. The maximum atomic E-state index is 14.1. The Morgan fingerprint density at radius 2 is 1.96 bits per heavy atom. The van der Waals surface area contributed by atoms with Gasteiger partial charge in [0, 0.05) is 36.8 Å². The summed E-state index contributed by atoms with van der Waals surface area (Å²) in [5.41, 5.74) is -0.204. The van der Waals surface area contributed by atoms with Crippen molar-refractivity contribution in [3.05, 3.63) is 35.4 Å². The number of esters is 1. The summed E-state index contributed by atoms with van der Waals surface area (Å²) in [7, 11) is 1.35. The highest BCUT2D eigenvalue weighted by Crippen LogP contribution is 2.50. The van der Waals surface area contributed by atoms with E-state index in [2.05, 4.69) is 0 Å². The molecule has 2 unspecified atom stereocenters. The lowest BCUT2D eigenvalue weighted by atomic mass is 9.65. The van der Waals surface area contributed by atoms with Gasteiger partial charge in [-0.25, -0.2) is 8.78 Å². The number of hydrogen-bond donors (Lipinski definition) is 0. The van der Waals surface area contributed by atoms with Crippen molar-refractivity contribution < 1.29 is 23.0 Å². The molecule has 0 amide bonds. The van der Waals surface area contributed by atoms with E-state index >= 15 is 0 Å². The Hall–Kier alpha value is -1.53. The van der Waals surface area contributed by atoms with Crippen LogP contribution in [0.5, 0.6) is 0 Å². The molecule has 1 aromatic carbocycles. The molecular weight excluding hydrogens is 304 g/mol. The Labute approximate surface area is 134 Å². The summed E-state index contributed by atoms with van der Waals surface area (Å²) in [6, 6.07) is 2.81. The third-order valence-electron chi connectivity index (χ3n) is 5.24. The molecule has 0 aliphatic carbocycles. The van der Waals surface area contributed by atoms with Crippen LogP contribution in [-0.4, -0.2) is 43.8 Å². The number of benzene rings is 1. The smallest absolute Gasteiger partial charge is 0.323 e. The summed E-state index contributed by atoms with van der Waals surface area (Å²) in [6.07, 6.45) is 1.52. The molecule has 2 aliphatic heterocycles. The van der Waals surface area contributed by atoms with Crippen LogP contribution < -0.4 is 0 Å². The fraction of sp³-hybridized carbons (Fsp3) is 0.588. The van der Waals surface area contributed by atoms with Gasteiger partial charge in [-0.1, -0.05) is 6.07 Å². The van der Waals surface area contributed by atoms with Gasteiger partial charge in [-0.05, 0) is 31.9 Å². The third-order valence-corrected chi connectivity index (χ3v) is 5.24. The van der Waals surface area contributed by atoms with Crippen molar-refractivity contribution in [2.75, 3.05) is 26.9 Å². The van der Waals surface area contributed by atoms with E-state index in [-0.39, 0.29) is 16.9 Å². The van der Waals surface area contributed by atoms with E-state index in [1.54, 1.807) is 6.92 Å². The molecule has 2 saturated heterocycles. The molecule has 0 saturated carbocycles. The number of carbonyl (C=O) groups excluding carboxylic acids is 1. The molecule has 2 fully saturated rings. The van der Waals surface area contributed by atoms with Gasteiger partial charge in [-0.15, -0.1) is 0 Å². The third kappa shape index (κ3) is 2.64. The lowest BCUT2D eigenvalue weighted by Crippen LogP contribution is -2.69. The molecule has 23 heavy (non-hydrogen) atoms. The van der Waals surface area contributed by atoms with Gasteiger partial charge in [0.1, 0.15) is 17.7 Å². The molecular formula is C17H21F2NO3. The van der Waals surface area contributed by atoms with E-state index in [0.717, 1.165) is 12.8 Å². The lowest BCUT2D eigenvalue weighted by molar-refractivity contribution is -0.187. The zero-order chi connectivity index (χ0) is 16.6. The van der Waals surface area contributed by atoms with Crippen molar-refractivity contribution in [3.8, 4) is 0 Å². The van der Waals surface area contributed by atoms with Crippen LogP contribution in [0.4, 0.5) is 8.78 Å². The van der Waals surface area contributed by atoms with Crippen molar-refractivity contribution in [1.29, 1.82) is 0 Å². The molecule has 6 heteroatoms. The number of carbonyl (C=O) groups is 1. The van der Waals surface area contributed by atoms with E-state index in [1.807, 2.05) is 4.90 Å². The van der Waals surface area contributed by atoms with E-state index in [4.69, 9.17) is 9.47 Å². The van der Waals surface area contributed by atoms with Crippen LogP contribution in [0, 0.1) is 17.0 Å². The quantitative estimate of drug-likeness (QED) is 0.801. The predicted molar refractivity (Wildman–Crippen MR) is 79.8 cm³/mol. The first-order chi connectivity index (χ1) is 11.0. The monoisotopic (exact) mass is 325 g/mol. The summed E-state index contributed by atoms with van der Waals surface area (Å²) in [4.78, 5) is 14.1. The molecule has 3 rings (SSSR count). The average molecular weight is 325 g/mol. The number of ether oxygens (including phenoxy) is 2. The van der Waals surface area contributed by atoms with Gasteiger partial charge in [0.2, 0.25) is 0 Å². The fourth-order valence-electron chi connectivity index (χ4n) is 3.92. The summed E-state index contributed by atoms with van der Waals surface area (Å²) in [6.45, 7) is 3.54. The molecule has 2 heterocycles. The van der Waals surface area contributed by atoms with Crippen molar-refractivity contribution in [3.63, 3.8) is 0 Å². The van der Waals surface area contributed by atoms with Crippen molar-refractivity contribution >= 4 is 5.97 Å². The van der Waals surface area contributed by atoms with Crippen molar-refractivity contribution in [2.24, 2.45) is 5.41 Å². The number of hydrogen-bond acceptors (Lipinski definition) is 4. The Morgan fingerprint density at radius 1 is 1.35 bits per heavy atom. The largest absolute Gasteiger partial charge is 0.468 e. The molecule has 0 N–H and O–H groups in total. The SMILES string of the molecule is COC(=O)C1N(C(C)c2c(F)cccc2F)CC12CCOCC2. The molecule has 1 aromatic rings. The van der Waals surface area contributed by atoms with E-state index < -0.39 is 23.7 Å². The first-order valence-electron chi connectivity index (χ1n) is 7.85. The van der Waals surface area contributed by atoms with Crippen LogP contribution in [0.2, 0.25) is 0 Å². The lowest BCUT2D eigenvalue weighted by Gasteiger charge is -2.59. The molecule has 0 radical (unpaired) electrons. The summed E-state index contributed by atoms with van der Waals surface area (Å²) in [5, 5.41) is 0. The highest BCUT2D eigenvalue weighted by atomic mass is 19.1. The molecule has 2 aliphatic rings. The maximum Gasteiger partial charge on any atom is 0.323 e. The number of nitrogens with zero attached hydrogens (tertiary/aromatic N) is 1. The molecule has 0 aromatic heterocycles. The zero-order valence-corrected chi connectivity index (χ0v) is 13.4. The molecule has 4 nitrogen and oxygen atoms in total. The molecule has 0 bridgehead atoms. The number of halogens is 2. The van der Waals surface area contributed by atoms with Gasteiger partial charge in [0.25, 0.3) is 0 Å². The summed E-state index contributed by atoms with van der Waals surface area (Å²) in [5.74, 6) is -1.52. The number of methoxy groups -OCH3 is 1. The second kappa shape index (κ2) is 6.17. The average Bonchev–Trinajstić information content (AvgIpc) is 2.53. The Kier molecular flexibility index (Phi) is 4.38. The van der Waals surface area contributed by atoms with Crippen molar-refractivity contribution in [2.45, 2.75) is 31.8 Å². The fourth-order valence-corrected chi connectivity index (χ4v) is 3.92. The molecule has 1 spiro atoms. The van der Waals surface area contributed by atoms with E-state index in [1.165, 1.54) is 25.3 Å². The van der Waals surface area contributed by atoms with Crippen LogP contribution in [0.1, 0.15) is 31.4 Å². The Bertz CT molecular complexity index is 581. The van der Waals surface area contributed by atoms with Crippen LogP contribution in [0.15, 0.2) is 18.2 Å². The van der Waals surface area contributed by atoms with Crippen molar-refractivity contribution in [1.82, 2.24) is 4.90 Å². The van der Waals surface area contributed by atoms with Crippen LogP contribution in [0.25, 0.3) is 0 Å². The zero-order valence-electron chi connectivity index (χ0n) is 13.4. The van der Waals surface area contributed by atoms with Gasteiger partial charge in [-0.3, -0.25) is 9.69 Å². The Balaban J connectivity index is 1.89. The van der Waals surface area contributed by atoms with E-state index in [9.17, 15) is 13.6 Å². The van der Waals surface area contributed by atoms with Crippen LogP contribution in [0.3, 0.4) is 0 Å². The first-order valence-corrected chi connectivity index (χ1v) is 7.85. The molecule has 126 valence electrons. The molecule has 2 atom stereocenters. The topological polar surface area (TPSA) is 38.8 Å². The normalized spacial score (nSPS) is 25.0. The predicted octanol–water partition coefficient (Wildman–Crippen LogP) is 2.68. The number of rotatable bonds is 3. The first kappa shape index (κ1) is 16.3. The van der Waals surface area contributed by atoms with Gasteiger partial charge in [-0.2, -0.15) is 0 Å². The van der Waals surface area contributed by atoms with Crippen LogP contribution in [-0.2, 0) is 14.3 Å². The van der Waals surface area contributed by atoms with Gasteiger partial charge in [0.15, 0.2) is 0 Å². The second-order valence-corrected chi connectivity index (χ2v) is 6.38.